The third-order valence-electron chi connectivity index (χ3n) is 8.10. The van der Waals surface area contributed by atoms with Gasteiger partial charge in [-0.25, -0.2) is 9.36 Å². The van der Waals surface area contributed by atoms with Gasteiger partial charge >= 0.3 is 19.4 Å². The minimum atomic E-state index is -4.35. The van der Waals surface area contributed by atoms with Crippen LogP contribution in [0.15, 0.2) is 76.4 Å². The molecule has 2 unspecified atom stereocenters. The number of ether oxygens (including phenoxy) is 2. The first-order chi connectivity index (χ1) is 24.9. The number of amides is 1. The topological polar surface area (TPSA) is 187 Å². The van der Waals surface area contributed by atoms with Crippen LogP contribution in [0.2, 0.25) is 0 Å². The number of para-hydroxylation sites is 1. The van der Waals surface area contributed by atoms with E-state index in [4.69, 9.17) is 18.5 Å². The highest BCUT2D eigenvalue weighted by Crippen LogP contribution is 2.47. The molecule has 0 bridgehead atoms. The van der Waals surface area contributed by atoms with Crippen molar-refractivity contribution in [2.45, 2.75) is 96.3 Å². The number of aromatic amines is 1. The number of carbonyl (C=O) groups is 2. The van der Waals surface area contributed by atoms with Gasteiger partial charge in [-0.3, -0.25) is 28.5 Å². The lowest BCUT2D eigenvalue weighted by atomic mass is 10.1. The van der Waals surface area contributed by atoms with E-state index >= 15 is 0 Å². The zero-order chi connectivity index (χ0) is 37.6. The number of H-pyrrole nitrogens is 1. The summed E-state index contributed by atoms with van der Waals surface area (Å²) in [7, 11) is -4.35. The van der Waals surface area contributed by atoms with Gasteiger partial charge in [-0.05, 0) is 38.0 Å². The van der Waals surface area contributed by atoms with E-state index in [0.29, 0.717) is 6.42 Å². The monoisotopic (exact) mass is 738 g/mol. The maximum Gasteiger partial charge on any atom is 0.459 e. The van der Waals surface area contributed by atoms with E-state index in [-0.39, 0.29) is 36.8 Å². The van der Waals surface area contributed by atoms with Gasteiger partial charge in [0.2, 0.25) is 5.91 Å². The van der Waals surface area contributed by atoms with Gasteiger partial charge in [-0.15, -0.1) is 0 Å². The number of benzene rings is 2. The van der Waals surface area contributed by atoms with Crippen LogP contribution in [0.25, 0.3) is 0 Å². The summed E-state index contributed by atoms with van der Waals surface area (Å²) >= 11 is 0. The number of hydrogen-bond acceptors (Lipinski definition) is 10. The molecule has 1 aliphatic heterocycles. The van der Waals surface area contributed by atoms with Gasteiger partial charge in [0, 0.05) is 19.0 Å². The number of aromatic nitrogens is 2. The van der Waals surface area contributed by atoms with Crippen LogP contribution < -0.4 is 26.2 Å². The molecule has 0 aliphatic carbocycles. The van der Waals surface area contributed by atoms with Crippen molar-refractivity contribution in [1.82, 2.24) is 20.0 Å². The highest BCUT2D eigenvalue weighted by Gasteiger charge is 2.43. The number of nitrogens with one attached hydrogen (secondary N) is 3. The number of unbranched alkanes of at least 4 members (excludes halogenated alkanes) is 4. The summed E-state index contributed by atoms with van der Waals surface area (Å²) in [4.78, 5) is 52.6. The zero-order valence-corrected chi connectivity index (χ0v) is 30.6. The van der Waals surface area contributed by atoms with Crippen LogP contribution in [-0.2, 0) is 34.8 Å². The molecule has 0 radical (unpaired) electrons. The summed E-state index contributed by atoms with van der Waals surface area (Å²) in [5.74, 6) is 4.74. The summed E-state index contributed by atoms with van der Waals surface area (Å²) in [6.07, 6.45) is 3.37. The third-order valence-corrected chi connectivity index (χ3v) is 9.88. The van der Waals surface area contributed by atoms with Gasteiger partial charge in [-0.1, -0.05) is 93.0 Å². The predicted molar refractivity (Wildman–Crippen MR) is 193 cm³/mol. The Kier molecular flexibility index (Phi) is 15.0. The standard InChI is InChI=1S/C37H47N4O10P/c1-4-5-6-7-14-21-32(43)38-22-15-18-28-24-41(36(46)39-34(28)44)33-23-30(42)31(50-33)26-49-52(47,51-29-19-12-9-13-20-29)40-37(2,3)35(45)48-25-27-16-10-8-11-17-27/h8-13,16-17,19-20,24,30-31,33,42H,4-7,14,21-23,25-26H2,1-3H3,(H,38,43)(H,40,47)(H,39,44,46)/t30-,31+,33?,52?/m0/s1. The highest BCUT2D eigenvalue weighted by atomic mass is 31.2. The average Bonchev–Trinajstić information content (AvgIpc) is 3.49. The highest BCUT2D eigenvalue weighted by molar-refractivity contribution is 7.52. The lowest BCUT2D eigenvalue weighted by Gasteiger charge is -2.30. The Morgan fingerprint density at radius 2 is 1.75 bits per heavy atom. The fraction of sp³-hybridized carbons (Fsp3) is 0.459. The fourth-order valence-electron chi connectivity index (χ4n) is 5.25. The van der Waals surface area contributed by atoms with Crippen molar-refractivity contribution in [3.05, 3.63) is 98.8 Å². The molecule has 3 aromatic rings. The van der Waals surface area contributed by atoms with Crippen LogP contribution in [0.3, 0.4) is 0 Å². The Hall–Kier alpha value is -4.51. The SMILES string of the molecule is CCCCCCCC(=O)NCC#Cc1cn(C2C[C@H](O)[C@@H](COP(=O)(NC(C)(C)C(=O)OCc3ccccc3)Oc3ccccc3)O2)c(=O)[nH]c1=O. The smallest absolute Gasteiger partial charge is 0.459 e. The molecular weight excluding hydrogens is 691 g/mol. The average molecular weight is 739 g/mol. The molecule has 0 spiro atoms. The Labute approximate surface area is 302 Å². The molecule has 15 heteroatoms. The molecule has 1 amide bonds. The van der Waals surface area contributed by atoms with Crippen LogP contribution in [0, 0.1) is 11.8 Å². The molecule has 4 rings (SSSR count). The summed E-state index contributed by atoms with van der Waals surface area (Å²) < 4.78 is 38.1. The molecule has 2 aromatic carbocycles. The maximum absolute atomic E-state index is 14.1. The first kappa shape index (κ1) is 40.3. The number of nitrogens with zero attached hydrogens (tertiary/aromatic N) is 1. The fourth-order valence-corrected chi connectivity index (χ4v) is 6.93. The summed E-state index contributed by atoms with van der Waals surface area (Å²) in [6.45, 7) is 4.60. The lowest BCUT2D eigenvalue weighted by Crippen LogP contribution is -2.47. The van der Waals surface area contributed by atoms with Crippen molar-refractivity contribution < 1.29 is 37.8 Å². The Morgan fingerprint density at radius 1 is 1.06 bits per heavy atom. The van der Waals surface area contributed by atoms with Crippen molar-refractivity contribution >= 4 is 19.6 Å². The van der Waals surface area contributed by atoms with Crippen molar-refractivity contribution in [2.75, 3.05) is 13.2 Å². The van der Waals surface area contributed by atoms with Crippen molar-refractivity contribution in [1.29, 1.82) is 0 Å². The van der Waals surface area contributed by atoms with Gasteiger partial charge in [0.05, 0.1) is 19.3 Å². The van der Waals surface area contributed by atoms with Crippen LogP contribution in [0.4, 0.5) is 0 Å². The summed E-state index contributed by atoms with van der Waals surface area (Å²) in [6, 6.07) is 17.3. The van der Waals surface area contributed by atoms with E-state index in [0.717, 1.165) is 42.2 Å². The first-order valence-electron chi connectivity index (χ1n) is 17.3. The Morgan fingerprint density at radius 3 is 2.46 bits per heavy atom. The number of carbonyl (C=O) groups excluding carboxylic acids is 2. The molecule has 1 fully saturated rings. The summed E-state index contributed by atoms with van der Waals surface area (Å²) in [5, 5.41) is 16.2. The maximum atomic E-state index is 14.1. The molecule has 1 aromatic heterocycles. The lowest BCUT2D eigenvalue weighted by molar-refractivity contribution is -0.151. The quantitative estimate of drug-likeness (QED) is 0.0630. The first-order valence-corrected chi connectivity index (χ1v) is 18.9. The van der Waals surface area contributed by atoms with E-state index in [9.17, 15) is 28.8 Å². The number of hydrogen-bond donors (Lipinski definition) is 4. The molecule has 14 nitrogen and oxygen atoms in total. The molecule has 4 N–H and O–H groups in total. The molecular formula is C37H47N4O10P. The van der Waals surface area contributed by atoms with Crippen LogP contribution >= 0.6 is 7.75 Å². The predicted octanol–water partition coefficient (Wildman–Crippen LogP) is 4.33. The number of aliphatic hydroxyl groups excluding tert-OH is 1. The third kappa shape index (κ3) is 12.3. The number of rotatable bonds is 18. The Bertz CT molecular complexity index is 1850. The van der Waals surface area contributed by atoms with E-state index in [1.54, 1.807) is 42.5 Å². The zero-order valence-electron chi connectivity index (χ0n) is 29.7. The largest absolute Gasteiger partial charge is 0.459 e. The second-order valence-corrected chi connectivity index (χ2v) is 14.5. The minimum absolute atomic E-state index is 0.00772. The molecule has 2 heterocycles. The second kappa shape index (κ2) is 19.4. The molecule has 4 atom stereocenters. The van der Waals surface area contributed by atoms with Crippen LogP contribution in [0.1, 0.15) is 83.1 Å². The number of aliphatic hydroxyl groups is 1. The summed E-state index contributed by atoms with van der Waals surface area (Å²) in [5.41, 5.74) is -2.33. The van der Waals surface area contributed by atoms with Gasteiger partial charge in [0.25, 0.3) is 5.56 Å². The minimum Gasteiger partial charge on any atom is -0.459 e. The van der Waals surface area contributed by atoms with E-state index < -0.39 is 55.5 Å². The van der Waals surface area contributed by atoms with E-state index in [2.05, 4.69) is 34.2 Å². The normalized spacial score (nSPS) is 18.1. The van der Waals surface area contributed by atoms with Crippen molar-refractivity contribution in [2.24, 2.45) is 0 Å². The molecule has 1 saturated heterocycles. The molecule has 280 valence electrons. The van der Waals surface area contributed by atoms with Gasteiger partial charge in [-0.2, -0.15) is 5.09 Å². The number of esters is 1. The van der Waals surface area contributed by atoms with Crippen LogP contribution in [-0.4, -0.2) is 57.4 Å². The molecule has 1 aliphatic rings. The van der Waals surface area contributed by atoms with E-state index in [1.807, 2.05) is 18.2 Å². The molecule has 0 saturated carbocycles. The molecule has 52 heavy (non-hydrogen) atoms. The van der Waals surface area contributed by atoms with Crippen molar-refractivity contribution in [3.8, 4) is 17.6 Å². The van der Waals surface area contributed by atoms with Crippen molar-refractivity contribution in [3.63, 3.8) is 0 Å². The Balaban J connectivity index is 1.40. The van der Waals surface area contributed by atoms with E-state index in [1.165, 1.54) is 20.0 Å². The second-order valence-electron chi connectivity index (χ2n) is 12.9. The van der Waals surface area contributed by atoms with Gasteiger partial charge < -0.3 is 24.4 Å². The van der Waals surface area contributed by atoms with Crippen LogP contribution in [0.5, 0.6) is 5.75 Å². The van der Waals surface area contributed by atoms with Gasteiger partial charge in [0.1, 0.15) is 35.8 Å². The van der Waals surface area contributed by atoms with Gasteiger partial charge in [0.15, 0.2) is 0 Å².